The lowest BCUT2D eigenvalue weighted by molar-refractivity contribution is -0.144. The summed E-state index contributed by atoms with van der Waals surface area (Å²) in [4.78, 5) is 32.0. The van der Waals surface area contributed by atoms with Gasteiger partial charge in [-0.05, 0) is 44.7 Å². The Morgan fingerprint density at radius 2 is 1.97 bits per heavy atom. The molecule has 0 saturated carbocycles. The van der Waals surface area contributed by atoms with Crippen LogP contribution in [-0.4, -0.2) is 62.6 Å². The molecule has 0 saturated heterocycles. The highest BCUT2D eigenvalue weighted by atomic mass is 16.7. The van der Waals surface area contributed by atoms with Crippen molar-refractivity contribution in [1.82, 2.24) is 20.4 Å². The molecule has 4 N–H and O–H groups in total. The summed E-state index contributed by atoms with van der Waals surface area (Å²) in [6, 6.07) is 9.42. The Kier molecular flexibility index (Phi) is 8.91. The van der Waals surface area contributed by atoms with Crippen LogP contribution in [0.1, 0.15) is 68.2 Å². The molecule has 0 spiro atoms. The molecule has 36 heavy (non-hydrogen) atoms. The summed E-state index contributed by atoms with van der Waals surface area (Å²) < 4.78 is 1.63. The van der Waals surface area contributed by atoms with Gasteiger partial charge in [0, 0.05) is 25.1 Å². The maximum atomic E-state index is 13.5. The van der Waals surface area contributed by atoms with Gasteiger partial charge in [-0.2, -0.15) is 5.10 Å². The van der Waals surface area contributed by atoms with Crippen molar-refractivity contribution in [2.24, 2.45) is 11.1 Å². The van der Waals surface area contributed by atoms with E-state index < -0.39 is 24.6 Å². The third-order valence-corrected chi connectivity index (χ3v) is 6.07. The standard InChI is InChI=1S/C25H36BN5O5/c1-16(2)11-22(26(34)35)29-24(33)25(13-19-8-6-7-18(5)12-19)14-20(30-36-25)15-27-23(32)21-9-10-28-31(21)17(3)4/h6-10,12,16-17,22,34-35H,11,13-15H2,1-5H3,(H,27,32)(H,29,33). The molecule has 2 aromatic rings. The van der Waals surface area contributed by atoms with Gasteiger partial charge in [-0.3, -0.25) is 14.3 Å². The number of benzene rings is 1. The molecule has 0 fully saturated rings. The van der Waals surface area contributed by atoms with Crippen LogP contribution in [0.3, 0.4) is 0 Å². The molecule has 1 aliphatic rings. The first-order chi connectivity index (χ1) is 17.0. The van der Waals surface area contributed by atoms with Crippen LogP contribution in [0.5, 0.6) is 0 Å². The fourth-order valence-electron chi connectivity index (χ4n) is 4.33. The summed E-state index contributed by atoms with van der Waals surface area (Å²) in [6.45, 7) is 9.81. The van der Waals surface area contributed by atoms with Gasteiger partial charge in [0.15, 0.2) is 0 Å². The topological polar surface area (TPSA) is 138 Å². The molecule has 2 amide bonds. The predicted molar refractivity (Wildman–Crippen MR) is 137 cm³/mol. The molecule has 11 heteroatoms. The van der Waals surface area contributed by atoms with Crippen molar-refractivity contribution < 1.29 is 24.5 Å². The van der Waals surface area contributed by atoms with Crippen molar-refractivity contribution in [2.75, 3.05) is 6.54 Å². The molecule has 2 heterocycles. The van der Waals surface area contributed by atoms with Crippen molar-refractivity contribution in [3.8, 4) is 0 Å². The number of nitrogens with one attached hydrogen (secondary N) is 2. The van der Waals surface area contributed by atoms with E-state index in [1.165, 1.54) is 0 Å². The van der Waals surface area contributed by atoms with Crippen molar-refractivity contribution in [1.29, 1.82) is 0 Å². The molecule has 10 nitrogen and oxygen atoms in total. The van der Waals surface area contributed by atoms with E-state index in [9.17, 15) is 19.6 Å². The van der Waals surface area contributed by atoms with Gasteiger partial charge in [-0.15, -0.1) is 0 Å². The number of carbonyl (C=O) groups is 2. The fraction of sp³-hybridized carbons (Fsp3) is 0.520. The molecule has 0 bridgehead atoms. The summed E-state index contributed by atoms with van der Waals surface area (Å²) in [5, 5.41) is 33.6. The minimum absolute atomic E-state index is 0.0271. The molecule has 1 aliphatic heterocycles. The second-order valence-corrected chi connectivity index (χ2v) is 10.1. The third kappa shape index (κ3) is 6.73. The van der Waals surface area contributed by atoms with E-state index in [1.54, 1.807) is 16.9 Å². The Bertz CT molecular complexity index is 1100. The number of hydrogen-bond acceptors (Lipinski definition) is 7. The molecule has 0 radical (unpaired) electrons. The summed E-state index contributed by atoms with van der Waals surface area (Å²) in [6.07, 6.45) is 2.34. The minimum Gasteiger partial charge on any atom is -0.426 e. The van der Waals surface area contributed by atoms with E-state index in [-0.39, 0.29) is 37.3 Å². The quantitative estimate of drug-likeness (QED) is 0.350. The van der Waals surface area contributed by atoms with E-state index in [1.807, 2.05) is 58.9 Å². The number of oxime groups is 1. The predicted octanol–water partition coefficient (Wildman–Crippen LogP) is 1.80. The molecule has 3 rings (SSSR count). The lowest BCUT2D eigenvalue weighted by atomic mass is 9.74. The smallest absolute Gasteiger partial charge is 0.426 e. The highest BCUT2D eigenvalue weighted by molar-refractivity contribution is 6.43. The Hall–Kier alpha value is -3.18. The zero-order chi connectivity index (χ0) is 26.5. The summed E-state index contributed by atoms with van der Waals surface area (Å²) in [7, 11) is -1.71. The second-order valence-electron chi connectivity index (χ2n) is 10.1. The molecular weight excluding hydrogens is 461 g/mol. The second kappa shape index (κ2) is 11.7. The van der Waals surface area contributed by atoms with E-state index in [2.05, 4.69) is 20.9 Å². The van der Waals surface area contributed by atoms with Gasteiger partial charge < -0.3 is 25.5 Å². The maximum absolute atomic E-state index is 13.5. The zero-order valence-electron chi connectivity index (χ0n) is 21.6. The largest absolute Gasteiger partial charge is 0.475 e. The van der Waals surface area contributed by atoms with Gasteiger partial charge in [0.25, 0.3) is 11.8 Å². The number of nitrogens with zero attached hydrogens (tertiary/aromatic N) is 3. The molecule has 1 aromatic heterocycles. The van der Waals surface area contributed by atoms with Gasteiger partial charge in [0.2, 0.25) is 5.60 Å². The van der Waals surface area contributed by atoms with E-state index >= 15 is 0 Å². The Morgan fingerprint density at radius 1 is 1.22 bits per heavy atom. The van der Waals surface area contributed by atoms with Gasteiger partial charge in [-0.1, -0.05) is 48.8 Å². The van der Waals surface area contributed by atoms with Crippen LogP contribution in [0.4, 0.5) is 0 Å². The average Bonchev–Trinajstić information content (AvgIpc) is 3.45. The Morgan fingerprint density at radius 3 is 2.61 bits per heavy atom. The summed E-state index contributed by atoms with van der Waals surface area (Å²) in [5.41, 5.74) is 1.49. The summed E-state index contributed by atoms with van der Waals surface area (Å²) >= 11 is 0. The molecule has 2 unspecified atom stereocenters. The van der Waals surface area contributed by atoms with Crippen LogP contribution in [0.25, 0.3) is 0 Å². The highest BCUT2D eigenvalue weighted by Gasteiger charge is 2.48. The molecule has 2 atom stereocenters. The minimum atomic E-state index is -1.71. The van der Waals surface area contributed by atoms with Crippen LogP contribution in [0.2, 0.25) is 0 Å². The van der Waals surface area contributed by atoms with Crippen molar-refractivity contribution in [2.45, 2.75) is 71.5 Å². The first kappa shape index (κ1) is 27.4. The van der Waals surface area contributed by atoms with E-state index in [0.29, 0.717) is 17.8 Å². The Balaban J connectivity index is 1.76. The summed E-state index contributed by atoms with van der Waals surface area (Å²) in [5.74, 6) is -1.50. The normalized spacial score (nSPS) is 18.1. The zero-order valence-corrected chi connectivity index (χ0v) is 21.6. The van der Waals surface area contributed by atoms with Gasteiger partial charge in [0.1, 0.15) is 5.69 Å². The van der Waals surface area contributed by atoms with Crippen molar-refractivity contribution >= 4 is 24.6 Å². The van der Waals surface area contributed by atoms with Gasteiger partial charge in [0.05, 0.1) is 18.2 Å². The van der Waals surface area contributed by atoms with E-state index in [0.717, 1.165) is 11.1 Å². The highest BCUT2D eigenvalue weighted by Crippen LogP contribution is 2.30. The van der Waals surface area contributed by atoms with Crippen molar-refractivity contribution in [3.63, 3.8) is 0 Å². The van der Waals surface area contributed by atoms with Gasteiger partial charge in [-0.25, -0.2) is 0 Å². The SMILES string of the molecule is Cc1cccc(CC2(C(=O)NC(CC(C)C)B(O)O)CC(CNC(=O)c3ccnn3C(C)C)=NO2)c1. The molecular formula is C25H36BN5O5. The first-order valence-electron chi connectivity index (χ1n) is 12.3. The van der Waals surface area contributed by atoms with Crippen LogP contribution in [0.15, 0.2) is 41.7 Å². The number of amides is 2. The van der Waals surface area contributed by atoms with Crippen LogP contribution in [0, 0.1) is 12.8 Å². The maximum Gasteiger partial charge on any atom is 0.475 e. The number of aromatic nitrogens is 2. The number of hydrogen-bond donors (Lipinski definition) is 4. The average molecular weight is 497 g/mol. The molecule has 0 aliphatic carbocycles. The number of rotatable bonds is 11. The lowest BCUT2D eigenvalue weighted by Gasteiger charge is -2.29. The molecule has 1 aromatic carbocycles. The third-order valence-electron chi connectivity index (χ3n) is 6.07. The van der Waals surface area contributed by atoms with Crippen molar-refractivity contribution in [3.05, 3.63) is 53.3 Å². The number of carbonyl (C=O) groups excluding carboxylic acids is 2. The lowest BCUT2D eigenvalue weighted by Crippen LogP contribution is -2.56. The van der Waals surface area contributed by atoms with Crippen LogP contribution >= 0.6 is 0 Å². The number of aryl methyl sites for hydroxylation is 1. The Labute approximate surface area is 212 Å². The first-order valence-corrected chi connectivity index (χ1v) is 12.3. The van der Waals surface area contributed by atoms with Crippen LogP contribution in [-0.2, 0) is 16.1 Å². The van der Waals surface area contributed by atoms with Gasteiger partial charge >= 0.3 is 7.12 Å². The monoisotopic (exact) mass is 497 g/mol. The van der Waals surface area contributed by atoms with E-state index in [4.69, 9.17) is 4.84 Å². The fourth-order valence-corrected chi connectivity index (χ4v) is 4.33. The van der Waals surface area contributed by atoms with Crippen LogP contribution < -0.4 is 10.6 Å². The molecule has 194 valence electrons.